The van der Waals surface area contributed by atoms with E-state index in [0.717, 1.165) is 42.2 Å². The number of nitrogens with zero attached hydrogens (tertiary/aromatic N) is 4. The average Bonchev–Trinajstić information content (AvgIpc) is 3.20. The summed E-state index contributed by atoms with van der Waals surface area (Å²) in [5.74, 6) is -0.0630. The molecular formula is C15H17N5OS. The van der Waals surface area contributed by atoms with Crippen molar-refractivity contribution in [3.8, 4) is 0 Å². The molecule has 0 aromatic carbocycles. The Morgan fingerprint density at radius 1 is 1.45 bits per heavy atom. The van der Waals surface area contributed by atoms with Gasteiger partial charge in [-0.3, -0.25) is 13.9 Å². The topological polar surface area (TPSA) is 64.2 Å². The number of aromatic nitrogens is 4. The Labute approximate surface area is 131 Å². The maximum absolute atomic E-state index is 12.5. The van der Waals surface area contributed by atoms with Crippen LogP contribution in [0, 0.1) is 0 Å². The first-order valence-corrected chi connectivity index (χ1v) is 8.38. The molecule has 1 aliphatic heterocycles. The van der Waals surface area contributed by atoms with Gasteiger partial charge in [-0.1, -0.05) is 0 Å². The largest absolute Gasteiger partial charge is 0.344 e. The fourth-order valence-corrected chi connectivity index (χ4v) is 3.62. The smallest absolute Gasteiger partial charge is 0.255 e. The molecule has 3 aromatic heterocycles. The summed E-state index contributed by atoms with van der Waals surface area (Å²) in [6, 6.07) is -0.126. The molecular weight excluding hydrogens is 298 g/mol. The molecule has 114 valence electrons. The van der Waals surface area contributed by atoms with E-state index < -0.39 is 0 Å². The molecule has 7 heteroatoms. The number of hydrogen-bond donors (Lipinski definition) is 1. The van der Waals surface area contributed by atoms with Crippen LogP contribution in [0.15, 0.2) is 24.0 Å². The van der Waals surface area contributed by atoms with E-state index in [1.807, 2.05) is 33.8 Å². The van der Waals surface area contributed by atoms with Gasteiger partial charge in [0.25, 0.3) is 5.91 Å². The molecule has 1 aliphatic rings. The van der Waals surface area contributed by atoms with Crippen LogP contribution in [0.1, 0.15) is 47.6 Å². The minimum absolute atomic E-state index is 0.0630. The molecule has 0 bridgehead atoms. The number of aryl methyl sites for hydroxylation is 1. The zero-order valence-electron chi connectivity index (χ0n) is 12.3. The number of thiazole rings is 1. The molecule has 1 amide bonds. The molecule has 0 radical (unpaired) electrons. The molecule has 3 aromatic rings. The van der Waals surface area contributed by atoms with E-state index in [1.54, 1.807) is 17.5 Å². The number of amides is 1. The van der Waals surface area contributed by atoms with Crippen LogP contribution in [-0.2, 0) is 13.0 Å². The van der Waals surface area contributed by atoms with Gasteiger partial charge in [0.05, 0.1) is 29.2 Å². The Kier molecular flexibility index (Phi) is 3.22. The highest BCUT2D eigenvalue weighted by Gasteiger charge is 2.22. The van der Waals surface area contributed by atoms with E-state index >= 15 is 0 Å². The highest BCUT2D eigenvalue weighted by molar-refractivity contribution is 7.15. The highest BCUT2D eigenvalue weighted by atomic mass is 32.1. The first kappa shape index (κ1) is 13.5. The standard InChI is InChI=1S/C15H17N5OS/c1-10(12-9-19-6-7-22-15(19)18-12)17-14(21)11-8-16-20-5-3-2-4-13(11)20/h6-10H,2-5H2,1H3,(H,17,21)/t10-/m0/s1. The summed E-state index contributed by atoms with van der Waals surface area (Å²) in [6.45, 7) is 2.87. The van der Waals surface area contributed by atoms with Gasteiger partial charge < -0.3 is 5.32 Å². The number of carbonyl (C=O) groups is 1. The van der Waals surface area contributed by atoms with Crippen molar-refractivity contribution in [2.24, 2.45) is 0 Å². The van der Waals surface area contributed by atoms with Gasteiger partial charge in [0.2, 0.25) is 0 Å². The van der Waals surface area contributed by atoms with Crippen LogP contribution in [0.25, 0.3) is 4.96 Å². The number of imidazole rings is 1. The van der Waals surface area contributed by atoms with Crippen molar-refractivity contribution in [2.45, 2.75) is 38.8 Å². The van der Waals surface area contributed by atoms with Gasteiger partial charge in [0.1, 0.15) is 0 Å². The van der Waals surface area contributed by atoms with Crippen LogP contribution in [-0.4, -0.2) is 25.1 Å². The third-order valence-electron chi connectivity index (χ3n) is 4.13. The lowest BCUT2D eigenvalue weighted by molar-refractivity contribution is 0.0938. The molecule has 4 heterocycles. The highest BCUT2D eigenvalue weighted by Crippen LogP contribution is 2.20. The molecule has 0 saturated heterocycles. The average molecular weight is 315 g/mol. The zero-order valence-corrected chi connectivity index (χ0v) is 13.1. The molecule has 0 fully saturated rings. The summed E-state index contributed by atoms with van der Waals surface area (Å²) in [4.78, 5) is 18.0. The first-order chi connectivity index (χ1) is 10.7. The predicted octanol–water partition coefficient (Wildman–Crippen LogP) is 2.42. The van der Waals surface area contributed by atoms with Crippen molar-refractivity contribution in [1.29, 1.82) is 0 Å². The SMILES string of the molecule is C[C@H](NC(=O)c1cnn2c1CCCC2)c1cn2ccsc2n1. The van der Waals surface area contributed by atoms with E-state index in [9.17, 15) is 4.79 Å². The number of nitrogens with one attached hydrogen (secondary N) is 1. The van der Waals surface area contributed by atoms with Crippen LogP contribution in [0.4, 0.5) is 0 Å². The summed E-state index contributed by atoms with van der Waals surface area (Å²) in [5.41, 5.74) is 2.63. The predicted molar refractivity (Wildman–Crippen MR) is 84.1 cm³/mol. The third kappa shape index (κ3) is 2.21. The molecule has 0 unspecified atom stereocenters. The minimum Gasteiger partial charge on any atom is -0.344 e. The fourth-order valence-electron chi connectivity index (χ4n) is 2.91. The Morgan fingerprint density at radius 3 is 3.23 bits per heavy atom. The lowest BCUT2D eigenvalue weighted by atomic mass is 10.1. The summed E-state index contributed by atoms with van der Waals surface area (Å²) in [5, 5.41) is 9.35. The summed E-state index contributed by atoms with van der Waals surface area (Å²) < 4.78 is 3.93. The molecule has 4 rings (SSSR count). The van der Waals surface area contributed by atoms with Gasteiger partial charge in [-0.15, -0.1) is 11.3 Å². The maximum atomic E-state index is 12.5. The van der Waals surface area contributed by atoms with Crippen molar-refractivity contribution in [3.05, 3.63) is 40.9 Å². The van der Waals surface area contributed by atoms with Gasteiger partial charge in [0, 0.05) is 24.3 Å². The number of hydrogen-bond acceptors (Lipinski definition) is 4. The molecule has 1 N–H and O–H groups in total. The molecule has 0 saturated carbocycles. The van der Waals surface area contributed by atoms with Crippen LogP contribution < -0.4 is 5.32 Å². The summed E-state index contributed by atoms with van der Waals surface area (Å²) >= 11 is 1.59. The van der Waals surface area contributed by atoms with E-state index in [-0.39, 0.29) is 11.9 Å². The molecule has 1 atom stereocenters. The van der Waals surface area contributed by atoms with Crippen molar-refractivity contribution >= 4 is 22.2 Å². The number of fused-ring (bicyclic) bond motifs is 2. The number of carbonyl (C=O) groups excluding carboxylic acids is 1. The Bertz CT molecular complexity index is 802. The maximum Gasteiger partial charge on any atom is 0.255 e. The zero-order chi connectivity index (χ0) is 15.1. The second-order valence-electron chi connectivity index (χ2n) is 5.64. The Morgan fingerprint density at radius 2 is 2.36 bits per heavy atom. The van der Waals surface area contributed by atoms with E-state index in [2.05, 4.69) is 15.4 Å². The van der Waals surface area contributed by atoms with E-state index in [1.165, 1.54) is 0 Å². The molecule has 0 aliphatic carbocycles. The molecule has 0 spiro atoms. The van der Waals surface area contributed by atoms with Crippen molar-refractivity contribution in [2.75, 3.05) is 0 Å². The second kappa shape index (κ2) is 5.24. The van der Waals surface area contributed by atoms with Crippen LogP contribution in [0.3, 0.4) is 0 Å². The second-order valence-corrected chi connectivity index (χ2v) is 6.51. The van der Waals surface area contributed by atoms with Crippen LogP contribution in [0.2, 0.25) is 0 Å². The summed E-state index contributed by atoms with van der Waals surface area (Å²) in [7, 11) is 0. The quantitative estimate of drug-likeness (QED) is 0.807. The monoisotopic (exact) mass is 315 g/mol. The van der Waals surface area contributed by atoms with Gasteiger partial charge in [-0.25, -0.2) is 4.98 Å². The first-order valence-electron chi connectivity index (χ1n) is 7.50. The van der Waals surface area contributed by atoms with Gasteiger partial charge in [-0.05, 0) is 26.2 Å². The number of rotatable bonds is 3. The Balaban J connectivity index is 1.53. The van der Waals surface area contributed by atoms with Crippen LogP contribution >= 0.6 is 11.3 Å². The Hall–Kier alpha value is -2.15. The lowest BCUT2D eigenvalue weighted by Crippen LogP contribution is -2.28. The van der Waals surface area contributed by atoms with Crippen molar-refractivity contribution in [1.82, 2.24) is 24.5 Å². The lowest BCUT2D eigenvalue weighted by Gasteiger charge is -2.15. The third-order valence-corrected chi connectivity index (χ3v) is 4.90. The van der Waals surface area contributed by atoms with Crippen molar-refractivity contribution in [3.63, 3.8) is 0 Å². The fraction of sp³-hybridized carbons (Fsp3) is 0.400. The van der Waals surface area contributed by atoms with Gasteiger partial charge >= 0.3 is 0 Å². The normalized spacial score (nSPS) is 15.7. The minimum atomic E-state index is -0.126. The van der Waals surface area contributed by atoms with E-state index in [4.69, 9.17) is 0 Å². The summed E-state index contributed by atoms with van der Waals surface area (Å²) in [6.07, 6.45) is 8.81. The van der Waals surface area contributed by atoms with Crippen molar-refractivity contribution < 1.29 is 4.79 Å². The van der Waals surface area contributed by atoms with Crippen LogP contribution in [0.5, 0.6) is 0 Å². The van der Waals surface area contributed by atoms with Gasteiger partial charge in [-0.2, -0.15) is 5.10 Å². The van der Waals surface area contributed by atoms with Gasteiger partial charge in [0.15, 0.2) is 4.96 Å². The molecule has 22 heavy (non-hydrogen) atoms. The van der Waals surface area contributed by atoms with E-state index in [0.29, 0.717) is 5.56 Å². The molecule has 6 nitrogen and oxygen atoms in total.